The number of nitrogens with zero attached hydrogens (tertiary/aromatic N) is 4. The summed E-state index contributed by atoms with van der Waals surface area (Å²) in [4.78, 5) is 36.6. The summed E-state index contributed by atoms with van der Waals surface area (Å²) in [6, 6.07) is 8.13. The van der Waals surface area contributed by atoms with Gasteiger partial charge in [0, 0.05) is 17.2 Å². The topological polar surface area (TPSA) is 83.4 Å². The fraction of sp³-hybridized carbons (Fsp3) is 0.455. The van der Waals surface area contributed by atoms with Gasteiger partial charge in [0.1, 0.15) is 0 Å². The molecule has 1 aliphatic rings. The van der Waals surface area contributed by atoms with Crippen molar-refractivity contribution in [3.8, 4) is 0 Å². The second-order valence-electron chi connectivity index (χ2n) is 8.05. The molecular weight excluding hydrogens is 366 g/mol. The average molecular weight is 393 g/mol. The van der Waals surface area contributed by atoms with Crippen LogP contribution in [0.5, 0.6) is 0 Å². The lowest BCUT2D eigenvalue weighted by atomic mass is 9.88. The number of fused-ring (bicyclic) bond motifs is 1. The zero-order valence-corrected chi connectivity index (χ0v) is 17.2. The molecular formula is C22H27N5O2. The number of aromatic amines is 1. The van der Waals surface area contributed by atoms with Crippen molar-refractivity contribution in [2.75, 3.05) is 4.90 Å². The molecule has 29 heavy (non-hydrogen) atoms. The number of nitrogens with one attached hydrogen (secondary N) is 1. The Hall–Kier alpha value is -2.96. The standard InChI is InChI=1S/C22H27N5O2/c1-14-9-11-17(12-10-14)13-26(20(29)18-7-5-4-6-8-18)22-24-21-23-16(3)15(2)19(28)27(21)25-22/h9-12,18H,4-8,13H2,1-3H3,(H,23,24,25). The van der Waals surface area contributed by atoms with Crippen LogP contribution < -0.4 is 10.5 Å². The minimum absolute atomic E-state index is 0.00411. The zero-order valence-electron chi connectivity index (χ0n) is 17.2. The highest BCUT2D eigenvalue weighted by Gasteiger charge is 2.29. The molecule has 0 spiro atoms. The van der Waals surface area contributed by atoms with E-state index in [-0.39, 0.29) is 17.4 Å². The van der Waals surface area contributed by atoms with E-state index in [0.717, 1.165) is 31.2 Å². The minimum Gasteiger partial charge on any atom is -0.276 e. The number of H-pyrrole nitrogens is 1. The number of hydrogen-bond donors (Lipinski definition) is 1. The van der Waals surface area contributed by atoms with Crippen LogP contribution in [0.1, 0.15) is 54.5 Å². The summed E-state index contributed by atoms with van der Waals surface area (Å²) in [7, 11) is 0. The van der Waals surface area contributed by atoms with Gasteiger partial charge in [0.15, 0.2) is 0 Å². The van der Waals surface area contributed by atoms with Crippen LogP contribution in [-0.4, -0.2) is 25.5 Å². The Kier molecular flexibility index (Phi) is 5.22. The first-order chi connectivity index (χ1) is 13.9. The molecule has 7 nitrogen and oxygen atoms in total. The molecule has 1 amide bonds. The minimum atomic E-state index is -0.188. The molecule has 152 valence electrons. The molecule has 1 fully saturated rings. The van der Waals surface area contributed by atoms with E-state index in [4.69, 9.17) is 0 Å². The Labute approximate surface area is 169 Å². The van der Waals surface area contributed by atoms with Gasteiger partial charge in [0.25, 0.3) is 11.3 Å². The summed E-state index contributed by atoms with van der Waals surface area (Å²) in [5.41, 5.74) is 3.22. The van der Waals surface area contributed by atoms with Gasteiger partial charge in [0.05, 0.1) is 6.54 Å². The van der Waals surface area contributed by atoms with Gasteiger partial charge in [-0.05, 0) is 39.2 Å². The van der Waals surface area contributed by atoms with Gasteiger partial charge < -0.3 is 0 Å². The fourth-order valence-electron chi connectivity index (χ4n) is 3.92. The molecule has 1 aromatic carbocycles. The average Bonchev–Trinajstić information content (AvgIpc) is 3.15. The largest absolute Gasteiger partial charge is 0.277 e. The van der Waals surface area contributed by atoms with Gasteiger partial charge in [-0.2, -0.15) is 9.50 Å². The number of rotatable bonds is 4. The summed E-state index contributed by atoms with van der Waals surface area (Å²) in [6.45, 7) is 5.98. The van der Waals surface area contributed by atoms with E-state index >= 15 is 0 Å². The third kappa shape index (κ3) is 3.81. The molecule has 0 aliphatic heterocycles. The number of hydrogen-bond acceptors (Lipinski definition) is 4. The van der Waals surface area contributed by atoms with Crippen molar-refractivity contribution in [2.45, 2.75) is 59.4 Å². The molecule has 0 saturated heterocycles. The van der Waals surface area contributed by atoms with Crippen LogP contribution in [0, 0.1) is 26.7 Å². The second kappa shape index (κ2) is 7.81. The first-order valence-electron chi connectivity index (χ1n) is 10.3. The van der Waals surface area contributed by atoms with Crippen molar-refractivity contribution in [2.24, 2.45) is 5.92 Å². The van der Waals surface area contributed by atoms with Gasteiger partial charge in [-0.1, -0.05) is 49.1 Å². The van der Waals surface area contributed by atoms with E-state index < -0.39 is 0 Å². The van der Waals surface area contributed by atoms with Gasteiger partial charge in [0.2, 0.25) is 11.9 Å². The number of amides is 1. The smallest absolute Gasteiger partial charge is 0.276 e. The molecule has 0 bridgehead atoms. The Morgan fingerprint density at radius 3 is 2.48 bits per heavy atom. The van der Waals surface area contributed by atoms with Gasteiger partial charge in [-0.3, -0.25) is 19.6 Å². The highest BCUT2D eigenvalue weighted by Crippen LogP contribution is 2.27. The number of anilines is 1. The van der Waals surface area contributed by atoms with Crippen LogP contribution in [-0.2, 0) is 11.3 Å². The molecule has 0 unspecified atom stereocenters. The summed E-state index contributed by atoms with van der Waals surface area (Å²) in [5, 5.41) is 3.02. The van der Waals surface area contributed by atoms with Crippen molar-refractivity contribution in [3.63, 3.8) is 0 Å². The van der Waals surface area contributed by atoms with E-state index in [1.54, 1.807) is 18.7 Å². The van der Waals surface area contributed by atoms with E-state index in [2.05, 4.69) is 15.1 Å². The molecule has 0 atom stereocenters. The molecule has 7 heteroatoms. The van der Waals surface area contributed by atoms with E-state index in [1.165, 1.54) is 16.5 Å². The molecule has 2 heterocycles. The van der Waals surface area contributed by atoms with Gasteiger partial charge >= 0.3 is 0 Å². The molecule has 4 rings (SSSR count). The molecule has 1 N–H and O–H groups in total. The molecule has 1 saturated carbocycles. The van der Waals surface area contributed by atoms with Crippen LogP contribution in [0.15, 0.2) is 29.1 Å². The summed E-state index contributed by atoms with van der Waals surface area (Å²) < 4.78 is 1.33. The SMILES string of the molecule is Cc1ccc(CN(C(=O)C2CCCCC2)c2nc3nc(C)c(C)c(=O)n3[nH]2)cc1. The molecule has 3 aromatic rings. The predicted octanol–water partition coefficient (Wildman–Crippen LogP) is 3.46. The molecule has 0 radical (unpaired) electrons. The second-order valence-corrected chi connectivity index (χ2v) is 8.05. The number of carbonyl (C=O) groups excluding carboxylic acids is 1. The Balaban J connectivity index is 1.75. The maximum Gasteiger partial charge on any atom is 0.277 e. The highest BCUT2D eigenvalue weighted by molar-refractivity contribution is 5.93. The van der Waals surface area contributed by atoms with Crippen LogP contribution >= 0.6 is 0 Å². The lowest BCUT2D eigenvalue weighted by Crippen LogP contribution is -2.37. The highest BCUT2D eigenvalue weighted by atomic mass is 16.2. The maximum absolute atomic E-state index is 13.4. The summed E-state index contributed by atoms with van der Waals surface area (Å²) >= 11 is 0. The monoisotopic (exact) mass is 393 g/mol. The quantitative estimate of drug-likeness (QED) is 0.736. The Morgan fingerprint density at radius 1 is 1.10 bits per heavy atom. The van der Waals surface area contributed by atoms with Crippen molar-refractivity contribution in [1.82, 2.24) is 19.6 Å². The first-order valence-corrected chi connectivity index (χ1v) is 10.3. The number of aryl methyl sites for hydroxylation is 2. The van der Waals surface area contributed by atoms with Crippen LogP contribution in [0.2, 0.25) is 0 Å². The normalized spacial score (nSPS) is 15.0. The van der Waals surface area contributed by atoms with Gasteiger partial charge in [-0.25, -0.2) is 4.98 Å². The Morgan fingerprint density at radius 2 is 1.79 bits per heavy atom. The van der Waals surface area contributed by atoms with Crippen LogP contribution in [0.25, 0.3) is 5.78 Å². The first kappa shape index (κ1) is 19.4. The lowest BCUT2D eigenvalue weighted by molar-refractivity contribution is -0.123. The third-order valence-electron chi connectivity index (χ3n) is 5.89. The molecule has 2 aromatic heterocycles. The van der Waals surface area contributed by atoms with E-state index in [9.17, 15) is 9.59 Å². The number of carbonyl (C=O) groups is 1. The summed E-state index contributed by atoms with van der Waals surface area (Å²) in [5.74, 6) is 0.718. The summed E-state index contributed by atoms with van der Waals surface area (Å²) in [6.07, 6.45) is 5.15. The molecule has 1 aliphatic carbocycles. The number of aromatic nitrogens is 4. The van der Waals surface area contributed by atoms with Crippen molar-refractivity contribution in [3.05, 3.63) is 57.0 Å². The Bertz CT molecular complexity index is 1090. The van der Waals surface area contributed by atoms with Crippen molar-refractivity contribution < 1.29 is 4.79 Å². The fourth-order valence-corrected chi connectivity index (χ4v) is 3.92. The van der Waals surface area contributed by atoms with Crippen molar-refractivity contribution >= 4 is 17.6 Å². The van der Waals surface area contributed by atoms with E-state index in [1.807, 2.05) is 31.2 Å². The predicted molar refractivity (Wildman–Crippen MR) is 112 cm³/mol. The van der Waals surface area contributed by atoms with Crippen molar-refractivity contribution in [1.29, 1.82) is 0 Å². The maximum atomic E-state index is 13.4. The van der Waals surface area contributed by atoms with Gasteiger partial charge in [-0.15, -0.1) is 0 Å². The number of benzene rings is 1. The van der Waals surface area contributed by atoms with E-state index in [0.29, 0.717) is 29.5 Å². The zero-order chi connectivity index (χ0) is 20.5. The lowest BCUT2D eigenvalue weighted by Gasteiger charge is -2.27. The van der Waals surface area contributed by atoms with Crippen LogP contribution in [0.3, 0.4) is 0 Å². The van der Waals surface area contributed by atoms with Crippen LogP contribution in [0.4, 0.5) is 5.95 Å². The third-order valence-corrected chi connectivity index (χ3v) is 5.89.